The Morgan fingerprint density at radius 2 is 1.52 bits per heavy atom. The lowest BCUT2D eigenvalue weighted by Crippen LogP contribution is -2.20. The van der Waals surface area contributed by atoms with Crippen LogP contribution in [0.25, 0.3) is 0 Å². The second kappa shape index (κ2) is 8.93. The minimum Gasteiger partial charge on any atom is -0.493 e. The molecule has 2 amide bonds. The van der Waals surface area contributed by atoms with Gasteiger partial charge in [0.05, 0.1) is 13.2 Å². The third kappa shape index (κ3) is 5.55. The number of methoxy groups -OCH3 is 1. The van der Waals surface area contributed by atoms with Crippen molar-refractivity contribution in [3.8, 4) is 17.6 Å². The van der Waals surface area contributed by atoms with Gasteiger partial charge in [0.2, 0.25) is 5.91 Å². The minimum atomic E-state index is -0.385. The molecule has 0 heterocycles. The van der Waals surface area contributed by atoms with Crippen LogP contribution in [0.1, 0.15) is 6.42 Å². The highest BCUT2D eigenvalue weighted by molar-refractivity contribution is 5.94. The molecule has 0 saturated heterocycles. The average Bonchev–Trinajstić information content (AvgIpc) is 2.62. The van der Waals surface area contributed by atoms with Gasteiger partial charge >= 0.3 is 0 Å². The zero-order valence-electron chi connectivity index (χ0n) is 13.6. The number of benzene rings is 2. The van der Waals surface area contributed by atoms with Gasteiger partial charge in [-0.2, -0.15) is 5.26 Å². The van der Waals surface area contributed by atoms with Gasteiger partial charge in [-0.25, -0.2) is 0 Å². The van der Waals surface area contributed by atoms with E-state index in [0.717, 1.165) is 0 Å². The molecule has 25 heavy (non-hydrogen) atoms. The molecule has 0 aliphatic heterocycles. The summed E-state index contributed by atoms with van der Waals surface area (Å²) in [5.41, 5.74) is 1.11. The molecule has 2 N–H and O–H groups in total. The summed E-state index contributed by atoms with van der Waals surface area (Å²) < 4.78 is 10.6. The number of nitrogens with one attached hydrogen (secondary N) is 2. The van der Waals surface area contributed by atoms with E-state index in [9.17, 15) is 9.59 Å². The van der Waals surface area contributed by atoms with Gasteiger partial charge in [-0.15, -0.1) is 0 Å². The van der Waals surface area contributed by atoms with E-state index < -0.39 is 0 Å². The van der Waals surface area contributed by atoms with Crippen molar-refractivity contribution in [1.29, 1.82) is 5.26 Å². The Hall–Kier alpha value is -3.53. The number of hydrogen-bond donors (Lipinski definition) is 2. The molecule has 2 aromatic rings. The zero-order chi connectivity index (χ0) is 18.1. The van der Waals surface area contributed by atoms with Crippen LogP contribution in [0, 0.1) is 11.3 Å². The van der Waals surface area contributed by atoms with Crippen LogP contribution >= 0.6 is 0 Å². The normalized spacial score (nSPS) is 9.60. The van der Waals surface area contributed by atoms with E-state index in [1.165, 1.54) is 7.11 Å². The molecule has 7 heteroatoms. The molecular weight excluding hydrogens is 322 g/mol. The Morgan fingerprint density at radius 3 is 2.08 bits per heavy atom. The third-order valence-electron chi connectivity index (χ3n) is 3.12. The quantitative estimate of drug-likeness (QED) is 0.807. The van der Waals surface area contributed by atoms with Gasteiger partial charge in [0.1, 0.15) is 6.42 Å². The molecule has 0 unspecified atom stereocenters. The Bertz CT molecular complexity index is 782. The van der Waals surface area contributed by atoms with Gasteiger partial charge in [-0.3, -0.25) is 9.59 Å². The highest BCUT2D eigenvalue weighted by Gasteiger charge is 2.07. The van der Waals surface area contributed by atoms with E-state index in [1.54, 1.807) is 48.5 Å². The number of hydrogen-bond acceptors (Lipinski definition) is 5. The maximum atomic E-state index is 12.0. The Labute approximate surface area is 145 Å². The number of carbonyl (C=O) groups is 2. The molecule has 0 aromatic heterocycles. The van der Waals surface area contributed by atoms with Crippen LogP contribution in [0.4, 0.5) is 11.4 Å². The van der Waals surface area contributed by atoms with Gasteiger partial charge in [0, 0.05) is 11.4 Å². The number of nitrogens with zero attached hydrogens (tertiary/aromatic N) is 1. The van der Waals surface area contributed by atoms with Gasteiger partial charge in [-0.05, 0) is 36.4 Å². The van der Waals surface area contributed by atoms with Crippen LogP contribution in [0.15, 0.2) is 48.5 Å². The van der Waals surface area contributed by atoms with E-state index in [-0.39, 0.29) is 24.8 Å². The van der Waals surface area contributed by atoms with Crippen LogP contribution in [0.2, 0.25) is 0 Å². The number of carbonyl (C=O) groups excluding carboxylic acids is 2. The van der Waals surface area contributed by atoms with Crippen molar-refractivity contribution in [3.05, 3.63) is 48.5 Å². The maximum Gasteiger partial charge on any atom is 0.262 e. The predicted octanol–water partition coefficient (Wildman–Crippen LogP) is 2.56. The molecule has 0 saturated carbocycles. The van der Waals surface area contributed by atoms with Crippen molar-refractivity contribution >= 4 is 23.2 Å². The molecule has 0 bridgehead atoms. The summed E-state index contributed by atoms with van der Waals surface area (Å²) in [6.45, 7) is -0.166. The van der Waals surface area contributed by atoms with Crippen LogP contribution in [0.3, 0.4) is 0 Å². The van der Waals surface area contributed by atoms with Crippen molar-refractivity contribution in [2.45, 2.75) is 6.42 Å². The molecule has 0 radical (unpaired) electrons. The standard InChI is InChI=1S/C18H17N3O4/c1-24-15-4-2-3-5-16(15)25-12-18(23)21-14-8-6-13(7-9-14)20-17(22)10-11-19/h2-9H,10,12H2,1H3,(H,20,22)(H,21,23). The van der Waals surface area contributed by atoms with Crippen molar-refractivity contribution < 1.29 is 19.1 Å². The molecular formula is C18H17N3O4. The fourth-order valence-corrected chi connectivity index (χ4v) is 1.99. The minimum absolute atomic E-state index is 0.166. The molecule has 2 aromatic carbocycles. The highest BCUT2D eigenvalue weighted by Crippen LogP contribution is 2.25. The van der Waals surface area contributed by atoms with Crippen molar-refractivity contribution in [2.24, 2.45) is 0 Å². The first-order chi connectivity index (χ1) is 12.1. The lowest BCUT2D eigenvalue weighted by atomic mass is 10.2. The molecule has 0 spiro atoms. The first kappa shape index (κ1) is 17.8. The summed E-state index contributed by atoms with van der Waals surface area (Å²) in [6.07, 6.45) is -0.210. The van der Waals surface area contributed by atoms with Crippen molar-refractivity contribution in [3.63, 3.8) is 0 Å². The zero-order valence-corrected chi connectivity index (χ0v) is 13.6. The van der Waals surface area contributed by atoms with Crippen molar-refractivity contribution in [1.82, 2.24) is 0 Å². The van der Waals surface area contributed by atoms with E-state index in [4.69, 9.17) is 14.7 Å². The fourth-order valence-electron chi connectivity index (χ4n) is 1.99. The lowest BCUT2D eigenvalue weighted by Gasteiger charge is -2.11. The number of para-hydroxylation sites is 2. The smallest absolute Gasteiger partial charge is 0.262 e. The van der Waals surface area contributed by atoms with Crippen LogP contribution < -0.4 is 20.1 Å². The second-order valence-electron chi connectivity index (χ2n) is 4.95. The SMILES string of the molecule is COc1ccccc1OCC(=O)Nc1ccc(NC(=O)CC#N)cc1. The summed E-state index contributed by atoms with van der Waals surface area (Å²) in [6, 6.07) is 15.4. The topological polar surface area (TPSA) is 100 Å². The van der Waals surface area contributed by atoms with E-state index in [2.05, 4.69) is 10.6 Å². The number of amides is 2. The lowest BCUT2D eigenvalue weighted by molar-refractivity contribution is -0.118. The van der Waals surface area contributed by atoms with Crippen LogP contribution in [-0.2, 0) is 9.59 Å². The van der Waals surface area contributed by atoms with E-state index in [1.807, 2.05) is 6.07 Å². The van der Waals surface area contributed by atoms with Gasteiger partial charge < -0.3 is 20.1 Å². The Balaban J connectivity index is 1.86. The molecule has 2 rings (SSSR count). The number of rotatable bonds is 7. The van der Waals surface area contributed by atoms with Crippen LogP contribution in [0.5, 0.6) is 11.5 Å². The molecule has 0 atom stereocenters. The monoisotopic (exact) mass is 339 g/mol. The summed E-state index contributed by atoms with van der Waals surface area (Å²) in [5, 5.41) is 13.7. The largest absolute Gasteiger partial charge is 0.493 e. The molecule has 0 aliphatic rings. The van der Waals surface area contributed by atoms with Gasteiger partial charge in [0.15, 0.2) is 18.1 Å². The van der Waals surface area contributed by atoms with Crippen LogP contribution in [-0.4, -0.2) is 25.5 Å². The highest BCUT2D eigenvalue weighted by atomic mass is 16.5. The Morgan fingerprint density at radius 1 is 0.960 bits per heavy atom. The van der Waals surface area contributed by atoms with Crippen molar-refractivity contribution in [2.75, 3.05) is 24.4 Å². The first-order valence-electron chi connectivity index (χ1n) is 7.45. The first-order valence-corrected chi connectivity index (χ1v) is 7.45. The van der Waals surface area contributed by atoms with Gasteiger partial charge in [-0.1, -0.05) is 12.1 Å². The number of nitriles is 1. The third-order valence-corrected chi connectivity index (χ3v) is 3.12. The predicted molar refractivity (Wildman–Crippen MR) is 92.4 cm³/mol. The average molecular weight is 339 g/mol. The fraction of sp³-hybridized carbons (Fsp3) is 0.167. The van der Waals surface area contributed by atoms with E-state index in [0.29, 0.717) is 22.9 Å². The molecule has 7 nitrogen and oxygen atoms in total. The summed E-state index contributed by atoms with van der Waals surface area (Å²) in [4.78, 5) is 23.3. The summed E-state index contributed by atoms with van der Waals surface area (Å²) in [7, 11) is 1.53. The number of anilines is 2. The molecule has 128 valence electrons. The van der Waals surface area contributed by atoms with E-state index >= 15 is 0 Å². The molecule has 0 aliphatic carbocycles. The number of ether oxygens (including phenoxy) is 2. The van der Waals surface area contributed by atoms with Gasteiger partial charge in [0.25, 0.3) is 5.91 Å². The molecule has 0 fully saturated rings. The maximum absolute atomic E-state index is 12.0. The Kier molecular flexibility index (Phi) is 6.37. The second-order valence-corrected chi connectivity index (χ2v) is 4.95. The summed E-state index contributed by atoms with van der Waals surface area (Å²) >= 11 is 0. The summed E-state index contributed by atoms with van der Waals surface area (Å²) in [5.74, 6) is 0.320.